The molecule has 0 atom stereocenters. The van der Waals surface area contributed by atoms with Crippen molar-refractivity contribution in [1.29, 1.82) is 0 Å². The zero-order valence-electron chi connectivity index (χ0n) is 9.11. The van der Waals surface area contributed by atoms with E-state index in [1.54, 1.807) is 11.3 Å². The van der Waals surface area contributed by atoms with Crippen molar-refractivity contribution in [1.82, 2.24) is 15.1 Å². The number of aromatic nitrogens is 2. The van der Waals surface area contributed by atoms with Crippen molar-refractivity contribution in [3.8, 4) is 0 Å². The minimum atomic E-state index is 0.929. The van der Waals surface area contributed by atoms with Gasteiger partial charge in [0.25, 0.3) is 0 Å². The Morgan fingerprint density at radius 2 is 2.44 bits per heavy atom. The SMILES string of the molecule is Cn1cc(CCNCc2sccc2Br)cn1. The predicted molar refractivity (Wildman–Crippen MR) is 70.6 cm³/mol. The molecule has 2 heterocycles. The van der Waals surface area contributed by atoms with E-state index >= 15 is 0 Å². The zero-order chi connectivity index (χ0) is 11.4. The number of nitrogens with one attached hydrogen (secondary N) is 1. The Morgan fingerprint density at radius 1 is 1.56 bits per heavy atom. The van der Waals surface area contributed by atoms with Crippen LogP contribution < -0.4 is 5.32 Å². The standard InChI is InChI=1S/C11H14BrN3S/c1-15-8-9(6-14-15)2-4-13-7-11-10(12)3-5-16-11/h3,5-6,8,13H,2,4,7H2,1H3. The Balaban J connectivity index is 1.71. The summed E-state index contributed by atoms with van der Waals surface area (Å²) in [5.41, 5.74) is 1.28. The van der Waals surface area contributed by atoms with Gasteiger partial charge in [-0.1, -0.05) is 0 Å². The molecule has 0 aliphatic rings. The van der Waals surface area contributed by atoms with Crippen LogP contribution in [0.15, 0.2) is 28.3 Å². The number of hydrogen-bond acceptors (Lipinski definition) is 3. The van der Waals surface area contributed by atoms with Gasteiger partial charge in [0.2, 0.25) is 0 Å². The largest absolute Gasteiger partial charge is 0.311 e. The van der Waals surface area contributed by atoms with Crippen molar-refractivity contribution < 1.29 is 0 Å². The van der Waals surface area contributed by atoms with Crippen LogP contribution in [0.5, 0.6) is 0 Å². The van der Waals surface area contributed by atoms with Crippen LogP contribution in [0.1, 0.15) is 10.4 Å². The number of rotatable bonds is 5. The van der Waals surface area contributed by atoms with Gasteiger partial charge in [-0.05, 0) is 45.9 Å². The summed E-state index contributed by atoms with van der Waals surface area (Å²) in [5.74, 6) is 0. The van der Waals surface area contributed by atoms with E-state index < -0.39 is 0 Å². The van der Waals surface area contributed by atoms with Gasteiger partial charge in [0.1, 0.15) is 0 Å². The third-order valence-electron chi connectivity index (χ3n) is 2.33. The highest BCUT2D eigenvalue weighted by molar-refractivity contribution is 9.10. The van der Waals surface area contributed by atoms with Gasteiger partial charge >= 0.3 is 0 Å². The second kappa shape index (κ2) is 5.61. The minimum Gasteiger partial charge on any atom is -0.311 e. The highest BCUT2D eigenvalue weighted by Crippen LogP contribution is 2.21. The van der Waals surface area contributed by atoms with E-state index in [9.17, 15) is 0 Å². The highest BCUT2D eigenvalue weighted by atomic mass is 79.9. The van der Waals surface area contributed by atoms with Crippen LogP contribution in [0.2, 0.25) is 0 Å². The van der Waals surface area contributed by atoms with E-state index in [1.807, 2.05) is 17.9 Å². The van der Waals surface area contributed by atoms with Crippen molar-refractivity contribution in [2.45, 2.75) is 13.0 Å². The molecule has 0 unspecified atom stereocenters. The lowest BCUT2D eigenvalue weighted by Crippen LogP contribution is -2.15. The highest BCUT2D eigenvalue weighted by Gasteiger charge is 2.00. The van der Waals surface area contributed by atoms with E-state index in [1.165, 1.54) is 14.9 Å². The van der Waals surface area contributed by atoms with Gasteiger partial charge in [0.15, 0.2) is 0 Å². The quantitative estimate of drug-likeness (QED) is 0.860. The summed E-state index contributed by atoms with van der Waals surface area (Å²) >= 11 is 5.30. The lowest BCUT2D eigenvalue weighted by molar-refractivity contribution is 0.691. The first-order valence-corrected chi connectivity index (χ1v) is 6.83. The molecule has 86 valence electrons. The molecule has 2 aromatic rings. The molecule has 1 N–H and O–H groups in total. The monoisotopic (exact) mass is 299 g/mol. The van der Waals surface area contributed by atoms with Gasteiger partial charge < -0.3 is 5.32 Å². The molecule has 16 heavy (non-hydrogen) atoms. The van der Waals surface area contributed by atoms with Gasteiger partial charge in [-0.3, -0.25) is 4.68 Å². The molecule has 0 bridgehead atoms. The maximum atomic E-state index is 4.14. The smallest absolute Gasteiger partial charge is 0.0522 e. The molecule has 0 aromatic carbocycles. The maximum absolute atomic E-state index is 4.14. The van der Waals surface area contributed by atoms with Gasteiger partial charge in [-0.15, -0.1) is 11.3 Å². The third-order valence-corrected chi connectivity index (χ3v) is 4.25. The molecule has 3 nitrogen and oxygen atoms in total. The number of hydrogen-bond donors (Lipinski definition) is 1. The number of aryl methyl sites for hydroxylation is 1. The summed E-state index contributed by atoms with van der Waals surface area (Å²) in [4.78, 5) is 1.35. The van der Waals surface area contributed by atoms with Crippen LogP contribution in [-0.2, 0) is 20.0 Å². The van der Waals surface area contributed by atoms with Gasteiger partial charge in [-0.2, -0.15) is 5.10 Å². The Morgan fingerprint density at radius 3 is 3.06 bits per heavy atom. The molecule has 0 aliphatic carbocycles. The first-order valence-electron chi connectivity index (χ1n) is 5.16. The third kappa shape index (κ3) is 3.17. The number of halogens is 1. The minimum absolute atomic E-state index is 0.929. The number of thiophene rings is 1. The Bertz CT molecular complexity index is 450. The van der Waals surface area contributed by atoms with Gasteiger partial charge in [0.05, 0.1) is 6.20 Å². The van der Waals surface area contributed by atoms with Crippen LogP contribution in [0.4, 0.5) is 0 Å². The fourth-order valence-electron chi connectivity index (χ4n) is 1.49. The van der Waals surface area contributed by atoms with Crippen LogP contribution in [0.25, 0.3) is 0 Å². The average Bonchev–Trinajstić information content (AvgIpc) is 2.83. The normalized spacial score (nSPS) is 10.9. The molecule has 2 aromatic heterocycles. The van der Waals surface area contributed by atoms with Crippen LogP contribution in [0.3, 0.4) is 0 Å². The second-order valence-corrected chi connectivity index (χ2v) is 5.50. The second-order valence-electron chi connectivity index (χ2n) is 3.64. The molecule has 0 amide bonds. The molecule has 0 aliphatic heterocycles. The first-order chi connectivity index (χ1) is 7.75. The van der Waals surface area contributed by atoms with E-state index in [0.29, 0.717) is 0 Å². The summed E-state index contributed by atoms with van der Waals surface area (Å²) in [6, 6.07) is 2.09. The Hall–Kier alpha value is -0.650. The topological polar surface area (TPSA) is 29.9 Å². The molecule has 0 saturated carbocycles. The molecular weight excluding hydrogens is 286 g/mol. The van der Waals surface area contributed by atoms with Crippen LogP contribution >= 0.6 is 27.3 Å². The fourth-order valence-corrected chi connectivity index (χ4v) is 2.95. The van der Waals surface area contributed by atoms with Crippen molar-refractivity contribution in [2.75, 3.05) is 6.54 Å². The van der Waals surface area contributed by atoms with E-state index in [0.717, 1.165) is 19.5 Å². The van der Waals surface area contributed by atoms with Crippen LogP contribution in [-0.4, -0.2) is 16.3 Å². The lowest BCUT2D eigenvalue weighted by Gasteiger charge is -2.02. The maximum Gasteiger partial charge on any atom is 0.0522 e. The summed E-state index contributed by atoms with van der Waals surface area (Å²) in [7, 11) is 1.94. The Kier molecular flexibility index (Phi) is 4.15. The van der Waals surface area contributed by atoms with Gasteiger partial charge in [-0.25, -0.2) is 0 Å². The fraction of sp³-hybridized carbons (Fsp3) is 0.364. The summed E-state index contributed by atoms with van der Waals surface area (Å²) in [6.45, 7) is 1.91. The summed E-state index contributed by atoms with van der Waals surface area (Å²) in [6.07, 6.45) is 5.00. The summed E-state index contributed by atoms with van der Waals surface area (Å²) in [5, 5.41) is 9.67. The molecule has 0 fully saturated rings. The molecule has 2 rings (SSSR count). The van der Waals surface area contributed by atoms with Crippen molar-refractivity contribution in [3.63, 3.8) is 0 Å². The van der Waals surface area contributed by atoms with Crippen molar-refractivity contribution in [2.24, 2.45) is 7.05 Å². The number of nitrogens with zero attached hydrogens (tertiary/aromatic N) is 2. The molecular formula is C11H14BrN3S. The van der Waals surface area contributed by atoms with E-state index in [2.05, 4.69) is 44.0 Å². The van der Waals surface area contributed by atoms with Crippen molar-refractivity contribution >= 4 is 27.3 Å². The predicted octanol–water partition coefficient (Wildman–Crippen LogP) is 2.58. The molecule has 0 spiro atoms. The molecule has 5 heteroatoms. The van der Waals surface area contributed by atoms with E-state index in [-0.39, 0.29) is 0 Å². The zero-order valence-corrected chi connectivity index (χ0v) is 11.5. The molecule has 0 saturated heterocycles. The van der Waals surface area contributed by atoms with E-state index in [4.69, 9.17) is 0 Å². The van der Waals surface area contributed by atoms with Crippen molar-refractivity contribution in [3.05, 3.63) is 38.8 Å². The molecule has 0 radical (unpaired) electrons. The van der Waals surface area contributed by atoms with Crippen LogP contribution in [0, 0.1) is 0 Å². The summed E-state index contributed by atoms with van der Waals surface area (Å²) < 4.78 is 3.04. The Labute approximate surface area is 108 Å². The lowest BCUT2D eigenvalue weighted by atomic mass is 10.2. The van der Waals surface area contributed by atoms with Gasteiger partial charge in [0, 0.05) is 29.1 Å². The first kappa shape index (κ1) is 11.8. The average molecular weight is 300 g/mol.